The van der Waals surface area contributed by atoms with Crippen LogP contribution in [0, 0.1) is 5.92 Å². The predicted octanol–water partition coefficient (Wildman–Crippen LogP) is 3.12. The highest BCUT2D eigenvalue weighted by molar-refractivity contribution is 5.89. The Labute approximate surface area is 163 Å². The number of fused-ring (bicyclic) bond motifs is 1. The molecule has 2 aromatic rings. The Kier molecular flexibility index (Phi) is 6.37. The number of nitrogens with one attached hydrogen (secondary N) is 1. The van der Waals surface area contributed by atoms with Gasteiger partial charge in [0.15, 0.2) is 18.1 Å². The van der Waals surface area contributed by atoms with Gasteiger partial charge in [-0.25, -0.2) is 4.79 Å². The molecule has 1 atom stereocenters. The van der Waals surface area contributed by atoms with Crippen molar-refractivity contribution in [2.24, 2.45) is 5.92 Å². The van der Waals surface area contributed by atoms with Crippen LogP contribution < -0.4 is 14.8 Å². The van der Waals surface area contributed by atoms with Gasteiger partial charge in [-0.3, -0.25) is 4.79 Å². The third kappa shape index (κ3) is 5.16. The van der Waals surface area contributed by atoms with Crippen LogP contribution in [0.2, 0.25) is 0 Å². The zero-order valence-electron chi connectivity index (χ0n) is 15.8. The Morgan fingerprint density at radius 2 is 1.96 bits per heavy atom. The van der Waals surface area contributed by atoms with Crippen LogP contribution in [0.4, 0.5) is 0 Å². The highest BCUT2D eigenvalue weighted by Crippen LogP contribution is 2.34. The van der Waals surface area contributed by atoms with Gasteiger partial charge in [0.25, 0.3) is 5.91 Å². The first-order chi connectivity index (χ1) is 13.5. The molecule has 0 bridgehead atoms. The Balaban J connectivity index is 1.56. The van der Waals surface area contributed by atoms with E-state index in [0.29, 0.717) is 30.5 Å². The molecule has 0 radical (unpaired) electrons. The van der Waals surface area contributed by atoms with Gasteiger partial charge in [-0.15, -0.1) is 0 Å². The van der Waals surface area contributed by atoms with Gasteiger partial charge in [-0.2, -0.15) is 0 Å². The van der Waals surface area contributed by atoms with Gasteiger partial charge in [0.05, 0.1) is 12.3 Å². The topological polar surface area (TPSA) is 87.0 Å². The van der Waals surface area contributed by atoms with E-state index in [2.05, 4.69) is 5.32 Å². The second kappa shape index (κ2) is 9.12. The summed E-state index contributed by atoms with van der Waals surface area (Å²) in [5, 5.41) is 2.91. The highest BCUT2D eigenvalue weighted by Gasteiger charge is 2.21. The molecule has 1 aromatic carbocycles. The molecule has 0 fully saturated rings. The number of hydrogen-bond acceptors (Lipinski definition) is 6. The van der Waals surface area contributed by atoms with Gasteiger partial charge in [0, 0.05) is 6.08 Å². The van der Waals surface area contributed by atoms with Crippen molar-refractivity contribution in [2.75, 3.05) is 19.8 Å². The van der Waals surface area contributed by atoms with Gasteiger partial charge in [0.2, 0.25) is 0 Å². The summed E-state index contributed by atoms with van der Waals surface area (Å²) >= 11 is 0. The van der Waals surface area contributed by atoms with Crippen molar-refractivity contribution in [3.8, 4) is 11.5 Å². The van der Waals surface area contributed by atoms with E-state index in [1.165, 1.54) is 18.4 Å². The molecule has 7 heteroatoms. The molecule has 1 aliphatic heterocycles. The average molecular weight is 385 g/mol. The highest BCUT2D eigenvalue weighted by atomic mass is 16.6. The van der Waals surface area contributed by atoms with E-state index in [1.807, 2.05) is 32.0 Å². The lowest BCUT2D eigenvalue weighted by atomic mass is 9.95. The molecule has 148 valence electrons. The Morgan fingerprint density at radius 1 is 1.18 bits per heavy atom. The first-order valence-electron chi connectivity index (χ1n) is 9.10. The zero-order chi connectivity index (χ0) is 19.9. The maximum absolute atomic E-state index is 12.3. The minimum absolute atomic E-state index is 0.126. The molecule has 0 saturated heterocycles. The first-order valence-corrected chi connectivity index (χ1v) is 9.10. The third-order valence-corrected chi connectivity index (χ3v) is 4.18. The lowest BCUT2D eigenvalue weighted by molar-refractivity contribution is -0.144. The van der Waals surface area contributed by atoms with Gasteiger partial charge in [-0.1, -0.05) is 19.9 Å². The Hall–Kier alpha value is -3.22. The second-order valence-electron chi connectivity index (χ2n) is 6.65. The molecule has 0 aliphatic carbocycles. The minimum atomic E-state index is -0.619. The van der Waals surface area contributed by atoms with E-state index < -0.39 is 5.97 Å². The van der Waals surface area contributed by atoms with E-state index in [0.717, 1.165) is 5.56 Å². The molecule has 1 amide bonds. The maximum atomic E-state index is 12.3. The molecule has 0 unspecified atom stereocenters. The van der Waals surface area contributed by atoms with Gasteiger partial charge >= 0.3 is 5.97 Å². The Morgan fingerprint density at radius 3 is 2.68 bits per heavy atom. The van der Waals surface area contributed by atoms with Gasteiger partial charge in [0.1, 0.15) is 19.0 Å². The number of hydrogen-bond donors (Lipinski definition) is 1. The van der Waals surface area contributed by atoms with Crippen LogP contribution in [0.25, 0.3) is 6.08 Å². The summed E-state index contributed by atoms with van der Waals surface area (Å²) in [6, 6.07) is 8.78. The fourth-order valence-corrected chi connectivity index (χ4v) is 2.82. The monoisotopic (exact) mass is 385 g/mol. The summed E-state index contributed by atoms with van der Waals surface area (Å²) in [5.74, 6) is 1.01. The smallest absolute Gasteiger partial charge is 0.331 e. The van der Waals surface area contributed by atoms with Crippen molar-refractivity contribution in [2.45, 2.75) is 19.9 Å². The van der Waals surface area contributed by atoms with Crippen LogP contribution in [0.15, 0.2) is 47.1 Å². The number of rotatable bonds is 7. The number of carbonyl (C=O) groups excluding carboxylic acids is 2. The molecule has 28 heavy (non-hydrogen) atoms. The molecular weight excluding hydrogens is 362 g/mol. The van der Waals surface area contributed by atoms with Gasteiger partial charge in [-0.05, 0) is 41.8 Å². The zero-order valence-corrected chi connectivity index (χ0v) is 15.8. The summed E-state index contributed by atoms with van der Waals surface area (Å²) in [7, 11) is 0. The summed E-state index contributed by atoms with van der Waals surface area (Å²) in [5.41, 5.74) is 0.900. The fourth-order valence-electron chi connectivity index (χ4n) is 2.82. The van der Waals surface area contributed by atoms with E-state index in [4.69, 9.17) is 18.6 Å². The van der Waals surface area contributed by atoms with Crippen molar-refractivity contribution in [1.82, 2.24) is 5.32 Å². The normalized spacial score (nSPS) is 14.1. The number of esters is 1. The van der Waals surface area contributed by atoms with Crippen molar-refractivity contribution < 1.29 is 28.2 Å². The van der Waals surface area contributed by atoms with E-state index in [-0.39, 0.29) is 24.5 Å². The number of benzene rings is 1. The molecule has 1 N–H and O–H groups in total. The first kappa shape index (κ1) is 19.5. The van der Waals surface area contributed by atoms with Crippen molar-refractivity contribution in [3.63, 3.8) is 0 Å². The van der Waals surface area contributed by atoms with E-state index >= 15 is 0 Å². The largest absolute Gasteiger partial charge is 0.486 e. The fraction of sp³-hybridized carbons (Fsp3) is 0.333. The van der Waals surface area contributed by atoms with Crippen LogP contribution in [0.5, 0.6) is 11.5 Å². The molecule has 0 spiro atoms. The summed E-state index contributed by atoms with van der Waals surface area (Å²) in [6.07, 6.45) is 4.20. The average Bonchev–Trinajstić information content (AvgIpc) is 3.22. The molecule has 7 nitrogen and oxygen atoms in total. The molecule has 0 saturated carbocycles. The number of amides is 1. The molecule has 1 aliphatic rings. The van der Waals surface area contributed by atoms with E-state index in [9.17, 15) is 9.59 Å². The van der Waals surface area contributed by atoms with Gasteiger partial charge < -0.3 is 23.9 Å². The van der Waals surface area contributed by atoms with Crippen LogP contribution >= 0.6 is 0 Å². The van der Waals surface area contributed by atoms with Crippen LogP contribution in [0.3, 0.4) is 0 Å². The van der Waals surface area contributed by atoms with Crippen LogP contribution in [-0.2, 0) is 14.3 Å². The number of ether oxygens (including phenoxy) is 3. The maximum Gasteiger partial charge on any atom is 0.331 e. The SMILES string of the molecule is CC(C)[C@H](NC(=O)COC(=O)/C=C/c1ccco1)c1ccc2c(c1)OCCO2. The number of carbonyl (C=O) groups is 2. The predicted molar refractivity (Wildman–Crippen MR) is 102 cm³/mol. The van der Waals surface area contributed by atoms with Crippen LogP contribution in [-0.4, -0.2) is 31.7 Å². The van der Waals surface area contributed by atoms with Crippen molar-refractivity contribution >= 4 is 18.0 Å². The molecule has 2 heterocycles. The summed E-state index contributed by atoms with van der Waals surface area (Å²) in [4.78, 5) is 24.0. The second-order valence-corrected chi connectivity index (χ2v) is 6.65. The molecule has 3 rings (SSSR count). The van der Waals surface area contributed by atoms with Crippen molar-refractivity contribution in [1.29, 1.82) is 0 Å². The van der Waals surface area contributed by atoms with Crippen molar-refractivity contribution in [3.05, 3.63) is 54.0 Å². The van der Waals surface area contributed by atoms with E-state index in [1.54, 1.807) is 12.1 Å². The minimum Gasteiger partial charge on any atom is -0.486 e. The van der Waals surface area contributed by atoms with Crippen LogP contribution in [0.1, 0.15) is 31.2 Å². The lowest BCUT2D eigenvalue weighted by Gasteiger charge is -2.25. The third-order valence-electron chi connectivity index (χ3n) is 4.18. The summed E-state index contributed by atoms with van der Waals surface area (Å²) < 4.78 is 21.2. The lowest BCUT2D eigenvalue weighted by Crippen LogP contribution is -2.35. The molecular formula is C21H23NO6. The molecule has 1 aromatic heterocycles. The summed E-state index contributed by atoms with van der Waals surface area (Å²) in [6.45, 7) is 4.65. The number of furan rings is 1. The standard InChI is InChI=1S/C21H23NO6/c1-14(2)21(15-5-7-17-18(12-15)27-11-10-26-17)22-19(23)13-28-20(24)8-6-16-4-3-9-25-16/h3-9,12,14,21H,10-11,13H2,1-2H3,(H,22,23)/b8-6+/t21-/m0/s1. The Bertz CT molecular complexity index is 841. The quantitative estimate of drug-likeness (QED) is 0.582.